The normalized spacial score (nSPS) is 20.4. The second-order valence-corrected chi connectivity index (χ2v) is 8.00. The molecular weight excluding hydrogens is 348 g/mol. The fourth-order valence-electron chi connectivity index (χ4n) is 3.89. The van der Waals surface area contributed by atoms with E-state index in [2.05, 4.69) is 48.0 Å². The van der Waals surface area contributed by atoms with E-state index in [1.807, 2.05) is 18.3 Å². The van der Waals surface area contributed by atoms with Gasteiger partial charge in [-0.25, -0.2) is 10.8 Å². The van der Waals surface area contributed by atoms with Crippen molar-refractivity contribution in [3.8, 4) is 0 Å². The van der Waals surface area contributed by atoms with Crippen molar-refractivity contribution >= 4 is 22.3 Å². The smallest absolute Gasteiger partial charge is 0.130 e. The summed E-state index contributed by atoms with van der Waals surface area (Å²) in [6.45, 7) is 4.29. The summed E-state index contributed by atoms with van der Waals surface area (Å²) < 4.78 is 0. The van der Waals surface area contributed by atoms with Gasteiger partial charge in [-0.1, -0.05) is 18.7 Å². The van der Waals surface area contributed by atoms with Gasteiger partial charge in [0.15, 0.2) is 0 Å². The van der Waals surface area contributed by atoms with E-state index < -0.39 is 0 Å². The van der Waals surface area contributed by atoms with E-state index in [0.29, 0.717) is 17.7 Å². The third kappa shape index (κ3) is 4.82. The number of rotatable bonds is 6. The number of nitrogens with two attached hydrogens (primary N) is 2. The Morgan fingerprint density at radius 1 is 1.14 bits per heavy atom. The molecule has 150 valence electrons. The molecule has 28 heavy (non-hydrogen) atoms. The predicted octanol–water partition coefficient (Wildman–Crippen LogP) is 3.34. The van der Waals surface area contributed by atoms with Crippen LogP contribution in [0.5, 0.6) is 0 Å². The number of allylic oxidation sites excluding steroid dienone is 1. The van der Waals surface area contributed by atoms with Gasteiger partial charge < -0.3 is 21.0 Å². The second-order valence-electron chi connectivity index (χ2n) is 8.00. The van der Waals surface area contributed by atoms with Gasteiger partial charge in [-0.05, 0) is 68.8 Å². The van der Waals surface area contributed by atoms with Gasteiger partial charge in [0, 0.05) is 36.6 Å². The first-order chi connectivity index (χ1) is 13.3. The number of hydrazine groups is 1. The van der Waals surface area contributed by atoms with Gasteiger partial charge in [-0.2, -0.15) is 0 Å². The lowest BCUT2D eigenvalue weighted by atomic mass is 9.84. The zero-order valence-electron chi connectivity index (χ0n) is 17.2. The topological polar surface area (TPSA) is 83.4 Å². The van der Waals surface area contributed by atoms with Gasteiger partial charge in [-0.3, -0.25) is 0 Å². The molecule has 1 aliphatic carbocycles. The van der Waals surface area contributed by atoms with Crippen LogP contribution in [0.3, 0.4) is 0 Å². The number of hydrogen-bond acceptors (Lipinski definition) is 6. The molecule has 1 saturated carbocycles. The second kappa shape index (κ2) is 8.63. The minimum absolute atomic E-state index is 0.499. The average molecular weight is 381 g/mol. The molecule has 6 heteroatoms. The van der Waals surface area contributed by atoms with Crippen LogP contribution in [0.15, 0.2) is 48.9 Å². The van der Waals surface area contributed by atoms with Gasteiger partial charge in [-0.15, -0.1) is 0 Å². The maximum absolute atomic E-state index is 6.13. The van der Waals surface area contributed by atoms with Crippen molar-refractivity contribution in [3.63, 3.8) is 0 Å². The van der Waals surface area contributed by atoms with Crippen LogP contribution < -0.4 is 16.9 Å². The molecule has 1 aromatic heterocycles. The number of hydrogen-bond donors (Lipinski definition) is 3. The molecule has 0 radical (unpaired) electrons. The van der Waals surface area contributed by atoms with Crippen molar-refractivity contribution in [1.29, 1.82) is 0 Å². The van der Waals surface area contributed by atoms with Crippen LogP contribution in [0, 0.1) is 5.92 Å². The summed E-state index contributed by atoms with van der Waals surface area (Å²) in [6.07, 6.45) is 8.35. The van der Waals surface area contributed by atoms with Crippen LogP contribution in [-0.4, -0.2) is 42.1 Å². The molecule has 0 atom stereocenters. The third-order valence-corrected chi connectivity index (χ3v) is 5.61. The number of nitrogens with zero attached hydrogens (tertiary/aromatic N) is 3. The quantitative estimate of drug-likeness (QED) is 0.527. The first-order valence-corrected chi connectivity index (χ1v) is 9.80. The van der Waals surface area contributed by atoms with Crippen molar-refractivity contribution in [2.24, 2.45) is 17.5 Å². The molecule has 5 N–H and O–H groups in total. The predicted molar refractivity (Wildman–Crippen MR) is 118 cm³/mol. The van der Waals surface area contributed by atoms with E-state index >= 15 is 0 Å². The Morgan fingerprint density at radius 2 is 1.86 bits per heavy atom. The summed E-state index contributed by atoms with van der Waals surface area (Å²) >= 11 is 0. The van der Waals surface area contributed by atoms with Gasteiger partial charge in [0.2, 0.25) is 0 Å². The molecule has 0 saturated heterocycles. The lowest BCUT2D eigenvalue weighted by Gasteiger charge is -2.33. The van der Waals surface area contributed by atoms with Gasteiger partial charge in [0.1, 0.15) is 5.82 Å². The first-order valence-electron chi connectivity index (χ1n) is 9.80. The summed E-state index contributed by atoms with van der Waals surface area (Å²) in [6, 6.07) is 8.80. The Bertz CT molecular complexity index is 862. The highest BCUT2D eigenvalue weighted by atomic mass is 15.4. The van der Waals surface area contributed by atoms with Crippen molar-refractivity contribution in [1.82, 2.24) is 14.9 Å². The van der Waals surface area contributed by atoms with Crippen LogP contribution >= 0.6 is 0 Å². The first kappa shape index (κ1) is 20.2. The minimum atomic E-state index is 0.499. The van der Waals surface area contributed by atoms with E-state index in [9.17, 15) is 0 Å². The van der Waals surface area contributed by atoms with E-state index in [0.717, 1.165) is 27.9 Å². The molecule has 3 rings (SSSR count). The highest BCUT2D eigenvalue weighted by Crippen LogP contribution is 2.31. The molecule has 1 aromatic carbocycles. The SMILES string of the molecule is C=C(Nc1cc2cc(/C(N)=C/N(C)N)ccc2cn1)C1CCC(N(C)C)CC1. The van der Waals surface area contributed by atoms with Gasteiger partial charge in [0.25, 0.3) is 0 Å². The summed E-state index contributed by atoms with van der Waals surface area (Å²) in [5, 5.41) is 7.04. The minimum Gasteiger partial charge on any atom is -0.397 e. The number of fused-ring (bicyclic) bond motifs is 1. The Labute approximate surface area is 167 Å². The lowest BCUT2D eigenvalue weighted by molar-refractivity contribution is 0.206. The van der Waals surface area contributed by atoms with Crippen molar-refractivity contribution in [3.05, 3.63) is 54.5 Å². The molecule has 0 unspecified atom stereocenters. The van der Waals surface area contributed by atoms with E-state index in [-0.39, 0.29) is 0 Å². The van der Waals surface area contributed by atoms with Crippen molar-refractivity contribution in [2.75, 3.05) is 26.5 Å². The Kier molecular flexibility index (Phi) is 6.21. The fourth-order valence-corrected chi connectivity index (χ4v) is 3.89. The van der Waals surface area contributed by atoms with Crippen LogP contribution in [-0.2, 0) is 0 Å². The molecule has 6 nitrogen and oxygen atoms in total. The number of anilines is 1. The van der Waals surface area contributed by atoms with E-state index in [1.165, 1.54) is 30.7 Å². The molecule has 1 fully saturated rings. The zero-order valence-corrected chi connectivity index (χ0v) is 17.2. The molecule has 0 bridgehead atoms. The average Bonchev–Trinajstić information content (AvgIpc) is 2.67. The Hall–Kier alpha value is -2.57. The number of nitrogens with one attached hydrogen (secondary N) is 1. The largest absolute Gasteiger partial charge is 0.397 e. The van der Waals surface area contributed by atoms with Crippen LogP contribution in [0.25, 0.3) is 16.5 Å². The van der Waals surface area contributed by atoms with Crippen molar-refractivity contribution in [2.45, 2.75) is 31.7 Å². The fraction of sp³-hybridized carbons (Fsp3) is 0.409. The maximum Gasteiger partial charge on any atom is 0.130 e. The molecule has 0 amide bonds. The molecule has 1 aliphatic rings. The standard InChI is InChI=1S/C22H32N6/c1-15(16-7-9-20(10-8-16)27(2)3)26-22-12-19-11-17(21(23)14-28(4)24)5-6-18(19)13-25-22/h5-6,11-14,16,20H,1,7-10,23-24H2,2-4H3,(H,25,26)/b21-14-. The van der Waals surface area contributed by atoms with E-state index in [4.69, 9.17) is 11.6 Å². The maximum atomic E-state index is 6.13. The summed E-state index contributed by atoms with van der Waals surface area (Å²) in [5.74, 6) is 6.98. The molecular formula is C22H32N6. The molecule has 0 spiro atoms. The number of pyridine rings is 1. The monoisotopic (exact) mass is 380 g/mol. The van der Waals surface area contributed by atoms with Crippen molar-refractivity contribution < 1.29 is 0 Å². The highest BCUT2D eigenvalue weighted by Gasteiger charge is 2.24. The van der Waals surface area contributed by atoms with Gasteiger partial charge in [0.05, 0.1) is 5.70 Å². The molecule has 1 heterocycles. The number of aromatic nitrogens is 1. The highest BCUT2D eigenvalue weighted by molar-refractivity contribution is 5.87. The number of benzene rings is 1. The molecule has 2 aromatic rings. The summed E-state index contributed by atoms with van der Waals surface area (Å²) in [5.41, 5.74) is 8.74. The summed E-state index contributed by atoms with van der Waals surface area (Å²) in [7, 11) is 6.08. The van der Waals surface area contributed by atoms with Gasteiger partial charge >= 0.3 is 0 Å². The Morgan fingerprint density at radius 3 is 2.50 bits per heavy atom. The third-order valence-electron chi connectivity index (χ3n) is 5.61. The van der Waals surface area contributed by atoms with Crippen LogP contribution in [0.1, 0.15) is 31.2 Å². The lowest BCUT2D eigenvalue weighted by Crippen LogP contribution is -2.33. The zero-order chi connectivity index (χ0) is 20.3. The summed E-state index contributed by atoms with van der Waals surface area (Å²) in [4.78, 5) is 6.88. The Balaban J connectivity index is 1.72. The molecule has 0 aliphatic heterocycles. The van der Waals surface area contributed by atoms with Crippen LogP contribution in [0.4, 0.5) is 5.82 Å². The van der Waals surface area contributed by atoms with E-state index in [1.54, 1.807) is 13.2 Å². The van der Waals surface area contributed by atoms with Crippen LogP contribution in [0.2, 0.25) is 0 Å².